The molecule has 10 heavy (non-hydrogen) atoms. The maximum Gasteiger partial charge on any atom is 0.230 e. The molecule has 0 spiro atoms. The van der Waals surface area contributed by atoms with Crippen LogP contribution in [0, 0.1) is 5.41 Å². The standard InChI is InChI=1S/C7H13NO2/c1-7(2)5(9)4-8(3)6(7)10/h5,9H,4H2,1-3H3. The molecule has 0 aromatic heterocycles. The molecule has 1 rings (SSSR count). The SMILES string of the molecule is CN1CC(O)C(C)(C)C1=O. The molecule has 1 amide bonds. The third kappa shape index (κ3) is 0.814. The molecular formula is C7H13NO2. The van der Waals surface area contributed by atoms with Gasteiger partial charge in [0.2, 0.25) is 5.91 Å². The normalized spacial score (nSPS) is 31.4. The summed E-state index contributed by atoms with van der Waals surface area (Å²) in [5, 5.41) is 9.34. The zero-order valence-corrected chi connectivity index (χ0v) is 6.59. The van der Waals surface area contributed by atoms with Crippen LogP contribution in [0.4, 0.5) is 0 Å². The number of likely N-dealkylation sites (N-methyl/N-ethyl adjacent to an activating group) is 1. The van der Waals surface area contributed by atoms with Crippen LogP contribution < -0.4 is 0 Å². The first-order chi connectivity index (χ1) is 4.46. The zero-order valence-electron chi connectivity index (χ0n) is 6.59. The van der Waals surface area contributed by atoms with Crippen molar-refractivity contribution in [3.63, 3.8) is 0 Å². The van der Waals surface area contributed by atoms with Gasteiger partial charge in [0.1, 0.15) is 0 Å². The smallest absolute Gasteiger partial charge is 0.230 e. The van der Waals surface area contributed by atoms with Gasteiger partial charge in [-0.15, -0.1) is 0 Å². The number of carbonyl (C=O) groups is 1. The van der Waals surface area contributed by atoms with Gasteiger partial charge in [-0.05, 0) is 13.8 Å². The molecule has 0 bridgehead atoms. The maximum atomic E-state index is 11.2. The average molecular weight is 143 g/mol. The quantitative estimate of drug-likeness (QED) is 0.512. The van der Waals surface area contributed by atoms with Gasteiger partial charge >= 0.3 is 0 Å². The van der Waals surface area contributed by atoms with Crippen molar-refractivity contribution in [3.8, 4) is 0 Å². The number of rotatable bonds is 0. The highest BCUT2D eigenvalue weighted by atomic mass is 16.3. The van der Waals surface area contributed by atoms with E-state index in [1.807, 2.05) is 0 Å². The largest absolute Gasteiger partial charge is 0.390 e. The van der Waals surface area contributed by atoms with Crippen molar-refractivity contribution in [1.29, 1.82) is 0 Å². The number of aliphatic hydroxyl groups excluding tert-OH is 1. The summed E-state index contributed by atoms with van der Waals surface area (Å²) in [6.07, 6.45) is -0.509. The zero-order chi connectivity index (χ0) is 7.94. The Morgan fingerprint density at radius 2 is 2.20 bits per heavy atom. The van der Waals surface area contributed by atoms with Crippen molar-refractivity contribution in [2.45, 2.75) is 20.0 Å². The molecule has 0 saturated carbocycles. The highest BCUT2D eigenvalue weighted by Gasteiger charge is 2.44. The van der Waals surface area contributed by atoms with E-state index in [2.05, 4.69) is 0 Å². The third-order valence-electron chi connectivity index (χ3n) is 2.18. The van der Waals surface area contributed by atoms with E-state index in [4.69, 9.17) is 0 Å². The van der Waals surface area contributed by atoms with Crippen molar-refractivity contribution in [3.05, 3.63) is 0 Å². The van der Waals surface area contributed by atoms with E-state index in [9.17, 15) is 9.90 Å². The molecule has 1 fully saturated rings. The van der Waals surface area contributed by atoms with Gasteiger partial charge in [-0.25, -0.2) is 0 Å². The number of nitrogens with zero attached hydrogens (tertiary/aromatic N) is 1. The Bertz CT molecular complexity index is 165. The lowest BCUT2D eigenvalue weighted by Gasteiger charge is -2.17. The summed E-state index contributed by atoms with van der Waals surface area (Å²) in [7, 11) is 1.71. The first-order valence-corrected chi connectivity index (χ1v) is 3.40. The monoisotopic (exact) mass is 143 g/mol. The number of hydrogen-bond donors (Lipinski definition) is 1. The lowest BCUT2D eigenvalue weighted by Crippen LogP contribution is -2.31. The van der Waals surface area contributed by atoms with Crippen LogP contribution in [0.15, 0.2) is 0 Å². The summed E-state index contributed by atoms with van der Waals surface area (Å²) in [4.78, 5) is 12.8. The second-order valence-corrected chi connectivity index (χ2v) is 3.42. The summed E-state index contributed by atoms with van der Waals surface area (Å²) in [5.74, 6) is 0.0278. The van der Waals surface area contributed by atoms with Gasteiger partial charge < -0.3 is 10.0 Å². The van der Waals surface area contributed by atoms with Crippen LogP contribution in [0.3, 0.4) is 0 Å². The highest BCUT2D eigenvalue weighted by Crippen LogP contribution is 2.29. The van der Waals surface area contributed by atoms with Gasteiger partial charge in [-0.1, -0.05) is 0 Å². The van der Waals surface area contributed by atoms with E-state index in [1.165, 1.54) is 0 Å². The van der Waals surface area contributed by atoms with Crippen molar-refractivity contribution in [2.75, 3.05) is 13.6 Å². The van der Waals surface area contributed by atoms with E-state index in [0.717, 1.165) is 0 Å². The molecule has 1 aliphatic rings. The number of amides is 1. The molecule has 0 radical (unpaired) electrons. The Morgan fingerprint density at radius 1 is 1.70 bits per heavy atom. The minimum Gasteiger partial charge on any atom is -0.390 e. The summed E-state index contributed by atoms with van der Waals surface area (Å²) in [6.45, 7) is 4.00. The minimum atomic E-state index is -0.575. The third-order valence-corrected chi connectivity index (χ3v) is 2.18. The molecule has 1 atom stereocenters. The van der Waals surface area contributed by atoms with Crippen LogP contribution in [-0.4, -0.2) is 35.6 Å². The van der Waals surface area contributed by atoms with Crippen LogP contribution >= 0.6 is 0 Å². The maximum absolute atomic E-state index is 11.2. The minimum absolute atomic E-state index is 0.0278. The second kappa shape index (κ2) is 1.95. The number of hydrogen-bond acceptors (Lipinski definition) is 2. The fraction of sp³-hybridized carbons (Fsp3) is 0.857. The van der Waals surface area contributed by atoms with E-state index >= 15 is 0 Å². The topological polar surface area (TPSA) is 40.5 Å². The van der Waals surface area contributed by atoms with Gasteiger partial charge in [0.15, 0.2) is 0 Å². The first kappa shape index (κ1) is 7.54. The predicted octanol–water partition coefficient (Wildman–Crippen LogP) is -0.155. The van der Waals surface area contributed by atoms with E-state index in [-0.39, 0.29) is 5.91 Å². The number of likely N-dealkylation sites (tertiary alicyclic amines) is 1. The van der Waals surface area contributed by atoms with Crippen LogP contribution in [-0.2, 0) is 4.79 Å². The van der Waals surface area contributed by atoms with Crippen LogP contribution in [0.2, 0.25) is 0 Å². The Morgan fingerprint density at radius 3 is 2.30 bits per heavy atom. The summed E-state index contributed by atoms with van der Waals surface area (Å²) < 4.78 is 0. The Balaban J connectivity index is 2.85. The number of carbonyl (C=O) groups excluding carboxylic acids is 1. The summed E-state index contributed by atoms with van der Waals surface area (Å²) in [6, 6.07) is 0. The predicted molar refractivity (Wildman–Crippen MR) is 37.4 cm³/mol. The molecule has 0 aromatic carbocycles. The molecule has 1 unspecified atom stereocenters. The highest BCUT2D eigenvalue weighted by molar-refractivity contribution is 5.84. The Labute approximate surface area is 60.6 Å². The molecular weight excluding hydrogens is 130 g/mol. The summed E-state index contributed by atoms with van der Waals surface area (Å²) >= 11 is 0. The van der Waals surface area contributed by atoms with Crippen LogP contribution in [0.25, 0.3) is 0 Å². The van der Waals surface area contributed by atoms with Gasteiger partial charge in [0, 0.05) is 13.6 Å². The van der Waals surface area contributed by atoms with E-state index in [0.29, 0.717) is 6.54 Å². The van der Waals surface area contributed by atoms with Gasteiger partial charge in [-0.3, -0.25) is 4.79 Å². The fourth-order valence-electron chi connectivity index (χ4n) is 1.20. The number of β-amino-alcohol motifs (C(OH)–C–C–N with tert-alkyl or cyclic N) is 1. The lowest BCUT2D eigenvalue weighted by molar-refractivity contribution is -0.134. The molecule has 3 nitrogen and oxygen atoms in total. The molecule has 1 heterocycles. The Kier molecular flexibility index (Phi) is 1.47. The molecule has 1 N–H and O–H groups in total. The first-order valence-electron chi connectivity index (χ1n) is 3.40. The van der Waals surface area contributed by atoms with Gasteiger partial charge in [-0.2, -0.15) is 0 Å². The van der Waals surface area contributed by atoms with Gasteiger partial charge in [0.05, 0.1) is 11.5 Å². The van der Waals surface area contributed by atoms with Crippen molar-refractivity contribution >= 4 is 5.91 Å². The molecule has 0 aromatic rings. The summed E-state index contributed by atoms with van der Waals surface area (Å²) in [5.41, 5.74) is -0.575. The second-order valence-electron chi connectivity index (χ2n) is 3.42. The Hall–Kier alpha value is -0.570. The number of aliphatic hydroxyl groups is 1. The van der Waals surface area contributed by atoms with E-state index in [1.54, 1.807) is 25.8 Å². The molecule has 3 heteroatoms. The van der Waals surface area contributed by atoms with Gasteiger partial charge in [0.25, 0.3) is 0 Å². The average Bonchev–Trinajstić information content (AvgIpc) is 1.97. The lowest BCUT2D eigenvalue weighted by atomic mass is 9.89. The molecule has 1 saturated heterocycles. The van der Waals surface area contributed by atoms with Crippen molar-refractivity contribution in [1.82, 2.24) is 4.90 Å². The molecule has 58 valence electrons. The van der Waals surface area contributed by atoms with Crippen LogP contribution in [0.5, 0.6) is 0 Å². The molecule has 1 aliphatic heterocycles. The van der Waals surface area contributed by atoms with Crippen LogP contribution in [0.1, 0.15) is 13.8 Å². The van der Waals surface area contributed by atoms with Crippen molar-refractivity contribution in [2.24, 2.45) is 5.41 Å². The fourth-order valence-corrected chi connectivity index (χ4v) is 1.20. The van der Waals surface area contributed by atoms with Crippen molar-refractivity contribution < 1.29 is 9.90 Å². The molecule has 0 aliphatic carbocycles. The van der Waals surface area contributed by atoms with E-state index < -0.39 is 11.5 Å².